The van der Waals surface area contributed by atoms with Gasteiger partial charge in [-0.25, -0.2) is 0 Å². The third-order valence-corrected chi connectivity index (χ3v) is 4.73. The Labute approximate surface area is 167 Å². The second-order valence-corrected chi connectivity index (χ2v) is 7.14. The zero-order chi connectivity index (χ0) is 20.7. The van der Waals surface area contributed by atoms with Crippen LogP contribution in [0.2, 0.25) is 0 Å². The first-order valence-electron chi connectivity index (χ1n) is 9.44. The topological polar surface area (TPSA) is 64.7 Å². The van der Waals surface area contributed by atoms with E-state index in [0.717, 1.165) is 23.2 Å². The molecule has 2 amide bonds. The minimum atomic E-state index is -0.652. The fourth-order valence-corrected chi connectivity index (χ4v) is 2.99. The maximum atomic E-state index is 12.3. The van der Waals surface area contributed by atoms with Gasteiger partial charge in [0.15, 0.2) is 0 Å². The molecule has 0 aliphatic rings. The molecule has 2 N–H and O–H groups in total. The SMILES string of the molecule is CCc1ccccc1NC(=O)C(=O)NC[C@@H](c1ccc(N(C)C)cc1)N(C)C. The number of rotatable bonds is 7. The number of carbonyl (C=O) groups is 2. The molecule has 0 radical (unpaired) electrons. The second kappa shape index (κ2) is 9.90. The lowest BCUT2D eigenvalue weighted by molar-refractivity contribution is -0.136. The summed E-state index contributed by atoms with van der Waals surface area (Å²) in [7, 11) is 7.89. The number of anilines is 2. The Morgan fingerprint density at radius 1 is 0.929 bits per heavy atom. The smallest absolute Gasteiger partial charge is 0.313 e. The van der Waals surface area contributed by atoms with Gasteiger partial charge in [-0.3, -0.25) is 9.59 Å². The maximum Gasteiger partial charge on any atom is 0.313 e. The number of hydrogen-bond donors (Lipinski definition) is 2. The van der Waals surface area contributed by atoms with Crippen LogP contribution < -0.4 is 15.5 Å². The molecule has 6 nitrogen and oxygen atoms in total. The van der Waals surface area contributed by atoms with Crippen molar-refractivity contribution in [2.24, 2.45) is 0 Å². The summed E-state index contributed by atoms with van der Waals surface area (Å²) in [5.41, 5.74) is 3.86. The van der Waals surface area contributed by atoms with Crippen LogP contribution in [0.15, 0.2) is 48.5 Å². The molecule has 0 bridgehead atoms. The van der Waals surface area contributed by atoms with E-state index in [1.165, 1.54) is 0 Å². The molecule has 2 aromatic rings. The number of aryl methyl sites for hydroxylation is 1. The first-order chi connectivity index (χ1) is 13.3. The molecule has 0 saturated carbocycles. The minimum Gasteiger partial charge on any atom is -0.378 e. The molecule has 28 heavy (non-hydrogen) atoms. The van der Waals surface area contributed by atoms with Crippen LogP contribution >= 0.6 is 0 Å². The fraction of sp³-hybridized carbons (Fsp3) is 0.364. The number of nitrogens with one attached hydrogen (secondary N) is 2. The zero-order valence-corrected chi connectivity index (χ0v) is 17.3. The highest BCUT2D eigenvalue weighted by Crippen LogP contribution is 2.21. The van der Waals surface area contributed by atoms with Gasteiger partial charge in [-0.15, -0.1) is 0 Å². The fourth-order valence-electron chi connectivity index (χ4n) is 2.99. The van der Waals surface area contributed by atoms with Crippen molar-refractivity contribution in [3.05, 3.63) is 59.7 Å². The maximum absolute atomic E-state index is 12.3. The molecule has 0 aliphatic carbocycles. The summed E-state index contributed by atoms with van der Waals surface area (Å²) in [4.78, 5) is 28.6. The lowest BCUT2D eigenvalue weighted by atomic mass is 10.1. The van der Waals surface area contributed by atoms with Crippen LogP contribution in [-0.4, -0.2) is 51.4 Å². The van der Waals surface area contributed by atoms with Crippen molar-refractivity contribution in [1.29, 1.82) is 0 Å². The Hall–Kier alpha value is -2.86. The predicted octanol–water partition coefficient (Wildman–Crippen LogP) is 2.67. The predicted molar refractivity (Wildman–Crippen MR) is 115 cm³/mol. The zero-order valence-electron chi connectivity index (χ0n) is 17.3. The molecule has 2 rings (SSSR count). The summed E-state index contributed by atoms with van der Waals surface area (Å²) in [5.74, 6) is -1.29. The summed E-state index contributed by atoms with van der Waals surface area (Å²) >= 11 is 0. The quantitative estimate of drug-likeness (QED) is 0.723. The molecule has 150 valence electrons. The molecule has 0 saturated heterocycles. The molecule has 0 aromatic heterocycles. The van der Waals surface area contributed by atoms with Gasteiger partial charge < -0.3 is 20.4 Å². The Kier molecular flexibility index (Phi) is 7.58. The summed E-state index contributed by atoms with van der Waals surface area (Å²) in [5, 5.41) is 5.46. The monoisotopic (exact) mass is 382 g/mol. The van der Waals surface area contributed by atoms with Gasteiger partial charge in [0.05, 0.1) is 6.04 Å². The largest absolute Gasteiger partial charge is 0.378 e. The van der Waals surface area contributed by atoms with E-state index < -0.39 is 11.8 Å². The van der Waals surface area contributed by atoms with Crippen LogP contribution in [0.5, 0.6) is 0 Å². The van der Waals surface area contributed by atoms with E-state index in [1.807, 2.05) is 87.4 Å². The van der Waals surface area contributed by atoms with E-state index in [9.17, 15) is 9.59 Å². The summed E-state index contributed by atoms with van der Waals surface area (Å²) in [6, 6.07) is 15.6. The Bertz CT molecular complexity index is 800. The van der Waals surface area contributed by atoms with E-state index in [1.54, 1.807) is 6.07 Å². The Balaban J connectivity index is 2.00. The van der Waals surface area contributed by atoms with Crippen LogP contribution in [0.4, 0.5) is 11.4 Å². The van der Waals surface area contributed by atoms with Gasteiger partial charge in [-0.1, -0.05) is 37.3 Å². The number of nitrogens with zero attached hydrogens (tertiary/aromatic N) is 2. The molecular formula is C22H30N4O2. The number of carbonyl (C=O) groups excluding carboxylic acids is 2. The molecule has 0 spiro atoms. The van der Waals surface area contributed by atoms with Crippen molar-refractivity contribution in [3.8, 4) is 0 Å². The number of likely N-dealkylation sites (N-methyl/N-ethyl adjacent to an activating group) is 1. The molecule has 0 aliphatic heterocycles. The Morgan fingerprint density at radius 2 is 1.57 bits per heavy atom. The van der Waals surface area contributed by atoms with Crippen molar-refractivity contribution >= 4 is 23.2 Å². The second-order valence-electron chi connectivity index (χ2n) is 7.14. The van der Waals surface area contributed by atoms with Crippen LogP contribution in [-0.2, 0) is 16.0 Å². The third kappa shape index (κ3) is 5.57. The molecule has 0 heterocycles. The Morgan fingerprint density at radius 3 is 2.14 bits per heavy atom. The summed E-state index contributed by atoms with van der Waals surface area (Å²) in [6.07, 6.45) is 0.781. The highest BCUT2D eigenvalue weighted by atomic mass is 16.2. The van der Waals surface area contributed by atoms with Crippen LogP contribution in [0.3, 0.4) is 0 Å². The van der Waals surface area contributed by atoms with Crippen molar-refractivity contribution in [2.45, 2.75) is 19.4 Å². The molecular weight excluding hydrogens is 352 g/mol. The van der Waals surface area contributed by atoms with Crippen LogP contribution in [0.1, 0.15) is 24.1 Å². The van der Waals surface area contributed by atoms with Gasteiger partial charge in [0.2, 0.25) is 0 Å². The molecule has 0 fully saturated rings. The van der Waals surface area contributed by atoms with Crippen LogP contribution in [0, 0.1) is 0 Å². The lowest BCUT2D eigenvalue weighted by Crippen LogP contribution is -2.40. The van der Waals surface area contributed by atoms with Crippen molar-refractivity contribution < 1.29 is 9.59 Å². The average molecular weight is 383 g/mol. The number of benzene rings is 2. The summed E-state index contributed by atoms with van der Waals surface area (Å²) < 4.78 is 0. The van der Waals surface area contributed by atoms with E-state index in [2.05, 4.69) is 10.6 Å². The van der Waals surface area contributed by atoms with Crippen molar-refractivity contribution in [2.75, 3.05) is 45.0 Å². The summed E-state index contributed by atoms with van der Waals surface area (Å²) in [6.45, 7) is 2.35. The lowest BCUT2D eigenvalue weighted by Gasteiger charge is -2.25. The molecule has 6 heteroatoms. The van der Waals surface area contributed by atoms with Gasteiger partial charge in [0.1, 0.15) is 0 Å². The standard InChI is InChI=1S/C22H30N4O2/c1-6-16-9-7-8-10-19(16)24-22(28)21(27)23-15-20(26(4)5)17-11-13-18(14-12-17)25(2)3/h7-14,20H,6,15H2,1-5H3,(H,23,27)(H,24,28)/t20-/m0/s1. The van der Waals surface area contributed by atoms with Gasteiger partial charge in [-0.2, -0.15) is 0 Å². The van der Waals surface area contributed by atoms with Crippen molar-refractivity contribution in [1.82, 2.24) is 10.2 Å². The van der Waals surface area contributed by atoms with Gasteiger partial charge >= 0.3 is 11.8 Å². The highest BCUT2D eigenvalue weighted by molar-refractivity contribution is 6.39. The number of para-hydroxylation sites is 1. The van der Waals surface area contributed by atoms with E-state index >= 15 is 0 Å². The highest BCUT2D eigenvalue weighted by Gasteiger charge is 2.19. The van der Waals surface area contributed by atoms with Crippen LogP contribution in [0.25, 0.3) is 0 Å². The van der Waals surface area contributed by atoms with E-state index in [4.69, 9.17) is 0 Å². The molecule has 1 atom stereocenters. The third-order valence-electron chi connectivity index (χ3n) is 4.73. The molecule has 2 aromatic carbocycles. The van der Waals surface area contributed by atoms with Gasteiger partial charge in [-0.05, 0) is 49.8 Å². The van der Waals surface area contributed by atoms with Crippen molar-refractivity contribution in [3.63, 3.8) is 0 Å². The first-order valence-corrected chi connectivity index (χ1v) is 9.44. The van der Waals surface area contributed by atoms with Gasteiger partial charge in [0, 0.05) is 32.0 Å². The molecule has 0 unspecified atom stereocenters. The average Bonchev–Trinajstić information content (AvgIpc) is 2.68. The van der Waals surface area contributed by atoms with E-state index in [-0.39, 0.29) is 6.04 Å². The van der Waals surface area contributed by atoms with Gasteiger partial charge in [0.25, 0.3) is 0 Å². The minimum absolute atomic E-state index is 0.0316. The number of hydrogen-bond acceptors (Lipinski definition) is 4. The normalized spacial score (nSPS) is 11.8. The first kappa shape index (κ1) is 21.4. The van der Waals surface area contributed by atoms with E-state index in [0.29, 0.717) is 12.2 Å². The number of amides is 2.